The van der Waals surface area contributed by atoms with Gasteiger partial charge >= 0.3 is 0 Å². The lowest BCUT2D eigenvalue weighted by Gasteiger charge is -2.28. The Morgan fingerprint density at radius 3 is 2.62 bits per heavy atom. The number of anilines is 1. The van der Waals surface area contributed by atoms with Crippen molar-refractivity contribution >= 4 is 33.4 Å². The van der Waals surface area contributed by atoms with Crippen molar-refractivity contribution in [3.63, 3.8) is 0 Å². The summed E-state index contributed by atoms with van der Waals surface area (Å²) < 4.78 is 14.2. The Kier molecular flexibility index (Phi) is 4.09. The highest BCUT2D eigenvalue weighted by molar-refractivity contribution is 9.10. The standard InChI is InChI=1S/C17H15BrFNS/c1-11-9-14(18)5-8-16(11)20-12(2)10-21-17(20)13-3-6-15(19)7-4-13/h3-9,17H,2,10H2,1H3. The average molecular weight is 364 g/mol. The zero-order valence-corrected chi connectivity index (χ0v) is 14.0. The molecule has 1 aliphatic rings. The van der Waals surface area contributed by atoms with Gasteiger partial charge in [-0.3, -0.25) is 0 Å². The van der Waals surface area contributed by atoms with E-state index in [0.717, 1.165) is 27.2 Å². The molecule has 2 aromatic carbocycles. The molecule has 4 heteroatoms. The van der Waals surface area contributed by atoms with Gasteiger partial charge in [-0.15, -0.1) is 11.8 Å². The molecule has 0 N–H and O–H groups in total. The van der Waals surface area contributed by atoms with Crippen LogP contribution in [0.1, 0.15) is 16.5 Å². The van der Waals surface area contributed by atoms with Gasteiger partial charge in [-0.05, 0) is 48.4 Å². The van der Waals surface area contributed by atoms with Crippen molar-refractivity contribution in [2.24, 2.45) is 0 Å². The van der Waals surface area contributed by atoms with Crippen LogP contribution >= 0.6 is 27.7 Å². The van der Waals surface area contributed by atoms with Gasteiger partial charge in [0.25, 0.3) is 0 Å². The summed E-state index contributed by atoms with van der Waals surface area (Å²) in [5, 5.41) is 0.151. The van der Waals surface area contributed by atoms with Gasteiger partial charge in [0.1, 0.15) is 11.2 Å². The molecule has 0 spiro atoms. The normalized spacial score (nSPS) is 18.3. The van der Waals surface area contributed by atoms with E-state index in [0.29, 0.717) is 0 Å². The zero-order chi connectivity index (χ0) is 15.0. The molecule has 2 aromatic rings. The number of thioether (sulfide) groups is 1. The molecule has 108 valence electrons. The van der Waals surface area contributed by atoms with Gasteiger partial charge < -0.3 is 4.90 Å². The van der Waals surface area contributed by atoms with Gasteiger partial charge in [0.2, 0.25) is 0 Å². The highest BCUT2D eigenvalue weighted by Gasteiger charge is 2.30. The minimum Gasteiger partial charge on any atom is -0.328 e. The van der Waals surface area contributed by atoms with Gasteiger partial charge in [-0.25, -0.2) is 4.39 Å². The van der Waals surface area contributed by atoms with Crippen LogP contribution in [-0.2, 0) is 0 Å². The van der Waals surface area contributed by atoms with E-state index >= 15 is 0 Å². The van der Waals surface area contributed by atoms with Crippen LogP contribution in [0, 0.1) is 12.7 Å². The molecule has 0 aromatic heterocycles. The van der Waals surface area contributed by atoms with Crippen molar-refractivity contribution in [3.05, 3.63) is 76.2 Å². The number of halogens is 2. The summed E-state index contributed by atoms with van der Waals surface area (Å²) in [5.74, 6) is 0.685. The molecule has 1 unspecified atom stereocenters. The van der Waals surface area contributed by atoms with E-state index < -0.39 is 0 Å². The SMILES string of the molecule is C=C1CSC(c2ccc(F)cc2)N1c1ccc(Br)cc1C. The first kappa shape index (κ1) is 14.7. The number of nitrogens with zero attached hydrogens (tertiary/aromatic N) is 1. The van der Waals surface area contributed by atoms with Crippen molar-refractivity contribution in [2.45, 2.75) is 12.3 Å². The quantitative estimate of drug-likeness (QED) is 0.676. The minimum atomic E-state index is -0.202. The monoisotopic (exact) mass is 363 g/mol. The third-order valence-corrected chi connectivity index (χ3v) is 5.35. The van der Waals surface area contributed by atoms with Crippen LogP contribution in [0.25, 0.3) is 0 Å². The van der Waals surface area contributed by atoms with Crippen molar-refractivity contribution in [3.8, 4) is 0 Å². The van der Waals surface area contributed by atoms with Crippen LogP contribution in [-0.4, -0.2) is 5.75 Å². The van der Waals surface area contributed by atoms with E-state index in [1.807, 2.05) is 30.0 Å². The molecule has 1 heterocycles. The van der Waals surface area contributed by atoms with Crippen LogP contribution in [0.5, 0.6) is 0 Å². The van der Waals surface area contributed by atoms with E-state index in [2.05, 4.69) is 46.5 Å². The fraction of sp³-hybridized carbons (Fsp3) is 0.176. The second kappa shape index (κ2) is 5.85. The summed E-state index contributed by atoms with van der Waals surface area (Å²) in [7, 11) is 0. The molecule has 21 heavy (non-hydrogen) atoms. The van der Waals surface area contributed by atoms with E-state index in [1.165, 1.54) is 17.7 Å². The maximum Gasteiger partial charge on any atom is 0.123 e. The van der Waals surface area contributed by atoms with Gasteiger partial charge in [0.05, 0.1) is 0 Å². The highest BCUT2D eigenvalue weighted by Crippen LogP contribution is 2.46. The van der Waals surface area contributed by atoms with Crippen LogP contribution in [0.3, 0.4) is 0 Å². The lowest BCUT2D eigenvalue weighted by Crippen LogP contribution is -2.21. The lowest BCUT2D eigenvalue weighted by atomic mass is 10.1. The zero-order valence-electron chi connectivity index (χ0n) is 11.6. The van der Waals surface area contributed by atoms with Gasteiger partial charge in [0.15, 0.2) is 0 Å². The molecule has 1 fully saturated rings. The van der Waals surface area contributed by atoms with Crippen LogP contribution in [0.4, 0.5) is 10.1 Å². The Labute approximate surface area is 137 Å². The van der Waals surface area contributed by atoms with Crippen molar-refractivity contribution in [1.82, 2.24) is 0 Å². The van der Waals surface area contributed by atoms with Crippen molar-refractivity contribution in [2.75, 3.05) is 10.7 Å². The summed E-state index contributed by atoms with van der Waals surface area (Å²) in [6.45, 7) is 6.28. The smallest absolute Gasteiger partial charge is 0.123 e. The van der Waals surface area contributed by atoms with E-state index in [9.17, 15) is 4.39 Å². The second-order valence-corrected chi connectivity index (χ2v) is 7.07. The van der Waals surface area contributed by atoms with Gasteiger partial charge in [0, 0.05) is 21.6 Å². The molecule has 1 saturated heterocycles. The summed E-state index contributed by atoms with van der Waals surface area (Å²) in [5.41, 5.74) is 4.53. The molecule has 3 rings (SSSR count). The Morgan fingerprint density at radius 2 is 1.95 bits per heavy atom. The molecule has 0 bridgehead atoms. The fourth-order valence-corrected chi connectivity index (χ4v) is 4.27. The first-order chi connectivity index (χ1) is 10.1. The highest BCUT2D eigenvalue weighted by atomic mass is 79.9. The van der Waals surface area contributed by atoms with E-state index in [1.54, 1.807) is 0 Å². The minimum absolute atomic E-state index is 0.151. The van der Waals surface area contributed by atoms with Crippen molar-refractivity contribution < 1.29 is 4.39 Å². The van der Waals surface area contributed by atoms with Gasteiger partial charge in [-0.2, -0.15) is 0 Å². The molecule has 1 aliphatic heterocycles. The first-order valence-corrected chi connectivity index (χ1v) is 8.50. The summed E-state index contributed by atoms with van der Waals surface area (Å²) >= 11 is 5.32. The second-order valence-electron chi connectivity index (χ2n) is 5.08. The average Bonchev–Trinajstić information content (AvgIpc) is 2.82. The Morgan fingerprint density at radius 1 is 1.24 bits per heavy atom. The topological polar surface area (TPSA) is 3.24 Å². The molecular formula is C17H15BrFNS. The summed E-state index contributed by atoms with van der Waals surface area (Å²) in [6.07, 6.45) is 0. The molecule has 0 saturated carbocycles. The Bertz CT molecular complexity index is 684. The van der Waals surface area contributed by atoms with E-state index in [4.69, 9.17) is 0 Å². The van der Waals surface area contributed by atoms with E-state index in [-0.39, 0.29) is 11.2 Å². The fourth-order valence-electron chi connectivity index (χ4n) is 2.54. The largest absolute Gasteiger partial charge is 0.328 e. The molecule has 1 nitrogen and oxygen atoms in total. The first-order valence-electron chi connectivity index (χ1n) is 6.66. The molecule has 0 radical (unpaired) electrons. The van der Waals surface area contributed by atoms with Gasteiger partial charge in [-0.1, -0.05) is 34.6 Å². The third-order valence-electron chi connectivity index (χ3n) is 3.56. The lowest BCUT2D eigenvalue weighted by molar-refractivity contribution is 0.627. The number of rotatable bonds is 2. The third kappa shape index (κ3) is 2.87. The molecular weight excluding hydrogens is 349 g/mol. The Hall–Kier alpha value is -1.26. The molecule has 0 aliphatic carbocycles. The maximum absolute atomic E-state index is 13.1. The van der Waals surface area contributed by atoms with Crippen LogP contribution in [0.15, 0.2) is 59.2 Å². The number of hydrogen-bond acceptors (Lipinski definition) is 2. The summed E-state index contributed by atoms with van der Waals surface area (Å²) in [6, 6.07) is 13.0. The predicted octanol–water partition coefficient (Wildman–Crippen LogP) is 5.66. The Balaban J connectivity index is 2.01. The van der Waals surface area contributed by atoms with Crippen LogP contribution in [0.2, 0.25) is 0 Å². The summed E-state index contributed by atoms with van der Waals surface area (Å²) in [4.78, 5) is 2.25. The van der Waals surface area contributed by atoms with Crippen LogP contribution < -0.4 is 4.90 Å². The predicted molar refractivity (Wildman–Crippen MR) is 92.1 cm³/mol. The molecule has 1 atom stereocenters. The maximum atomic E-state index is 13.1. The molecule has 0 amide bonds. The number of aryl methyl sites for hydroxylation is 1. The number of hydrogen-bond donors (Lipinski definition) is 0. The van der Waals surface area contributed by atoms with Crippen molar-refractivity contribution in [1.29, 1.82) is 0 Å². The number of benzene rings is 2.